The fourth-order valence-corrected chi connectivity index (χ4v) is 42.7. The summed E-state index contributed by atoms with van der Waals surface area (Å²) >= 11 is 6.83. The fraction of sp³-hybridized carbons (Fsp3) is 0.250. The van der Waals surface area contributed by atoms with Crippen LogP contribution in [0.1, 0.15) is 53.1 Å². The molecule has 0 spiro atoms. The first kappa shape index (κ1) is 30.0. The summed E-state index contributed by atoms with van der Waals surface area (Å²) < 4.78 is 2.41. The SMILES string of the molecule is CC1=Cc2c(Br)cc(-c3ccc(C)s3)cc2[CH]1[Zr]([Cl])([Cl])([CH]1C(C)=Cc2c(Br)cc(-c3ccc(C)s3)cc21)[SiH](C)C. The molecule has 0 saturated carbocycles. The van der Waals surface area contributed by atoms with Crippen LogP contribution in [-0.4, -0.2) is 5.92 Å². The van der Waals surface area contributed by atoms with Gasteiger partial charge in [0, 0.05) is 0 Å². The van der Waals surface area contributed by atoms with Crippen molar-refractivity contribution in [3.8, 4) is 20.9 Å². The summed E-state index contributed by atoms with van der Waals surface area (Å²) in [7, 11) is 16.9. The monoisotopic (exact) mass is 825 g/mol. The second-order valence-corrected chi connectivity index (χ2v) is 58.6. The standard InChI is InChI=1S/2C15H12BrS.C2H7Si.2ClH.Zr/c2*1-9-5-11-7-12(8-14(16)13(11)6-9)15-4-3-10(2)17-15;1-3-2;;;/h2*3-8H,1-2H3;3H,1-2H3;2*1H;/q;;;;;+2/p-2. The van der Waals surface area contributed by atoms with E-state index in [1.54, 1.807) is 0 Å². The molecule has 0 saturated heterocycles. The van der Waals surface area contributed by atoms with Gasteiger partial charge in [0.1, 0.15) is 0 Å². The van der Waals surface area contributed by atoms with Crippen molar-refractivity contribution in [3.05, 3.63) is 101 Å². The Kier molecular flexibility index (Phi) is 7.91. The molecule has 207 valence electrons. The van der Waals surface area contributed by atoms with Gasteiger partial charge in [-0.2, -0.15) is 0 Å². The van der Waals surface area contributed by atoms with E-state index in [4.69, 9.17) is 17.0 Å². The zero-order chi connectivity index (χ0) is 28.7. The summed E-state index contributed by atoms with van der Waals surface area (Å²) in [4.78, 5) is 5.20. The molecule has 2 aliphatic rings. The number of aryl methyl sites for hydroxylation is 2. The Morgan fingerprint density at radius 1 is 0.675 bits per heavy atom. The van der Waals surface area contributed by atoms with Crippen LogP contribution in [0.3, 0.4) is 0 Å². The Morgan fingerprint density at radius 3 is 1.40 bits per heavy atom. The molecule has 2 aromatic carbocycles. The van der Waals surface area contributed by atoms with Crippen molar-refractivity contribution in [1.82, 2.24) is 0 Å². The van der Waals surface area contributed by atoms with Gasteiger partial charge in [0.2, 0.25) is 0 Å². The molecule has 2 unspecified atom stereocenters. The summed E-state index contributed by atoms with van der Waals surface area (Å²) in [5.41, 5.74) is 10.2. The quantitative estimate of drug-likeness (QED) is 0.176. The number of thiophene rings is 2. The number of halogens is 4. The van der Waals surface area contributed by atoms with E-state index < -0.39 is 21.5 Å². The number of benzene rings is 2. The Morgan fingerprint density at radius 2 is 1.07 bits per heavy atom. The molecule has 2 heterocycles. The molecule has 0 nitrogen and oxygen atoms in total. The van der Waals surface area contributed by atoms with Crippen molar-refractivity contribution >= 4 is 89.6 Å². The predicted octanol–water partition coefficient (Wildman–Crippen LogP) is 12.9. The van der Waals surface area contributed by atoms with Gasteiger partial charge in [-0.3, -0.25) is 0 Å². The number of allylic oxidation sites excluding steroid dienone is 2. The van der Waals surface area contributed by atoms with Gasteiger partial charge in [0.15, 0.2) is 0 Å². The molecule has 2 aliphatic carbocycles. The Hall–Kier alpha value is -0.0400. The van der Waals surface area contributed by atoms with Gasteiger partial charge in [-0.25, -0.2) is 0 Å². The van der Waals surface area contributed by atoms with Crippen LogP contribution < -0.4 is 0 Å². The first-order valence-electron chi connectivity index (χ1n) is 13.5. The van der Waals surface area contributed by atoms with Crippen molar-refractivity contribution in [2.45, 2.75) is 48.0 Å². The maximum atomic E-state index is 8.43. The van der Waals surface area contributed by atoms with Gasteiger partial charge >= 0.3 is 275 Å². The number of rotatable bonds is 5. The summed E-state index contributed by atoms with van der Waals surface area (Å²) in [6.45, 7) is 13.7. The number of hydrogen-bond donors (Lipinski definition) is 0. The summed E-state index contributed by atoms with van der Waals surface area (Å²) in [6.07, 6.45) is 4.69. The van der Waals surface area contributed by atoms with Crippen molar-refractivity contribution < 1.29 is 15.6 Å². The Bertz CT molecular complexity index is 1640. The van der Waals surface area contributed by atoms with Crippen LogP contribution in [-0.2, 0) is 15.6 Å². The maximum absolute atomic E-state index is 8.43. The van der Waals surface area contributed by atoms with Crippen LogP contribution in [0.25, 0.3) is 33.0 Å². The summed E-state index contributed by atoms with van der Waals surface area (Å²) in [6, 6.07) is 18.2. The van der Waals surface area contributed by atoms with E-state index in [-0.39, 0.29) is 7.25 Å². The third-order valence-electron chi connectivity index (χ3n) is 8.86. The van der Waals surface area contributed by atoms with Gasteiger partial charge in [-0.05, 0) is 0 Å². The zero-order valence-corrected chi connectivity index (χ0v) is 33.3. The molecule has 0 N–H and O–H groups in total. The van der Waals surface area contributed by atoms with E-state index in [0.717, 1.165) is 8.95 Å². The van der Waals surface area contributed by atoms with Gasteiger partial charge in [-0.1, -0.05) is 0 Å². The Balaban J connectivity index is 1.58. The Labute approximate surface area is 271 Å². The van der Waals surface area contributed by atoms with Gasteiger partial charge in [0.25, 0.3) is 0 Å². The molecular weight excluding hydrogens is 799 g/mol. The molecule has 0 bridgehead atoms. The number of fused-ring (bicyclic) bond motifs is 2. The van der Waals surface area contributed by atoms with E-state index in [2.05, 4.69) is 133 Å². The third-order valence-corrected chi connectivity index (χ3v) is 64.5. The molecule has 0 radical (unpaired) electrons. The molecule has 2 atom stereocenters. The summed E-state index contributed by atoms with van der Waals surface area (Å²) in [5.74, 6) is -1.58. The van der Waals surface area contributed by atoms with Crippen LogP contribution in [0, 0.1) is 13.8 Å². The van der Waals surface area contributed by atoms with E-state index >= 15 is 0 Å². The van der Waals surface area contributed by atoms with Gasteiger partial charge in [-0.15, -0.1) is 0 Å². The molecule has 4 aromatic rings. The summed E-state index contributed by atoms with van der Waals surface area (Å²) in [5, 5.41) is 0. The molecule has 2 aromatic heterocycles. The van der Waals surface area contributed by atoms with Gasteiger partial charge in [0.05, 0.1) is 0 Å². The molecule has 6 rings (SSSR count). The van der Waals surface area contributed by atoms with Crippen LogP contribution in [0.5, 0.6) is 0 Å². The van der Waals surface area contributed by atoms with Crippen LogP contribution >= 0.6 is 71.6 Å². The first-order valence-corrected chi connectivity index (χ1v) is 33.1. The molecule has 8 heteroatoms. The average Bonchev–Trinajstić information content (AvgIpc) is 3.64. The van der Waals surface area contributed by atoms with E-state index in [9.17, 15) is 0 Å². The van der Waals surface area contributed by atoms with Crippen LogP contribution in [0.15, 0.2) is 68.6 Å². The predicted molar refractivity (Wildman–Crippen MR) is 188 cm³/mol. The second kappa shape index (κ2) is 10.5. The fourth-order valence-electron chi connectivity index (χ4n) is 6.93. The molecule has 0 fully saturated rings. The van der Waals surface area contributed by atoms with Crippen molar-refractivity contribution in [3.63, 3.8) is 0 Å². The third kappa shape index (κ3) is 4.62. The van der Waals surface area contributed by atoms with Crippen molar-refractivity contribution in [2.75, 3.05) is 0 Å². The molecule has 0 aliphatic heterocycles. The average molecular weight is 830 g/mol. The minimum atomic E-state index is -4.72. The molecule has 40 heavy (non-hydrogen) atoms. The topological polar surface area (TPSA) is 0 Å². The van der Waals surface area contributed by atoms with Crippen molar-refractivity contribution in [1.29, 1.82) is 0 Å². The van der Waals surface area contributed by atoms with Crippen LogP contribution in [0.4, 0.5) is 0 Å². The van der Waals surface area contributed by atoms with E-state index in [1.807, 2.05) is 22.7 Å². The van der Waals surface area contributed by atoms with Crippen molar-refractivity contribution in [2.24, 2.45) is 0 Å². The normalized spacial score (nSPS) is 19.3. The van der Waals surface area contributed by atoms with E-state index in [0.29, 0.717) is 0 Å². The van der Waals surface area contributed by atoms with Crippen LogP contribution in [0.2, 0.25) is 13.1 Å². The zero-order valence-electron chi connectivity index (χ0n) is 23.3. The molecular formula is C32H31Br2Cl2S2SiZr. The minimum absolute atomic E-state index is 0.0782. The number of hydrogen-bond acceptors (Lipinski definition) is 2. The molecule has 0 amide bonds. The van der Waals surface area contributed by atoms with E-state index in [1.165, 1.54) is 64.0 Å². The second-order valence-electron chi connectivity index (χ2n) is 11.8. The van der Waals surface area contributed by atoms with Gasteiger partial charge < -0.3 is 0 Å². The first-order chi connectivity index (χ1) is 18.8.